The Morgan fingerprint density at radius 3 is 0.978 bits per heavy atom. The van der Waals surface area contributed by atoms with Crippen molar-refractivity contribution in [3.8, 4) is 0 Å². The lowest BCUT2D eigenvalue weighted by atomic mass is 9.99. The van der Waals surface area contributed by atoms with E-state index in [4.69, 9.17) is 9.47 Å². The molecule has 7 unspecified atom stereocenters. The minimum atomic E-state index is -1.58. The van der Waals surface area contributed by atoms with Crippen molar-refractivity contribution in [1.82, 2.24) is 5.32 Å². The molecule has 0 spiro atoms. The average Bonchev–Trinajstić information content (AvgIpc) is 1.01. The Morgan fingerprint density at radius 1 is 0.366 bits per heavy atom. The van der Waals surface area contributed by atoms with E-state index in [1.165, 1.54) is 321 Å². The van der Waals surface area contributed by atoms with Crippen molar-refractivity contribution in [2.45, 2.75) is 442 Å². The second kappa shape index (κ2) is 72.4. The summed E-state index contributed by atoms with van der Waals surface area (Å²) in [6.07, 6.45) is 96.3. The monoisotopic (exact) mass is 1310 g/mol. The molecule has 9 heteroatoms. The summed E-state index contributed by atoms with van der Waals surface area (Å²) in [6, 6.07) is -0.832. The van der Waals surface area contributed by atoms with Gasteiger partial charge in [-0.25, -0.2) is 0 Å². The molecule has 1 amide bonds. The van der Waals surface area contributed by atoms with Crippen LogP contribution < -0.4 is 5.32 Å². The summed E-state index contributed by atoms with van der Waals surface area (Å²) in [5.74, 6) is -0.185. The smallest absolute Gasteiger partial charge is 0.220 e. The molecule has 0 saturated carbocycles. The third-order valence-corrected chi connectivity index (χ3v) is 19.2. The molecular formula is C84H155NO8. The van der Waals surface area contributed by atoms with E-state index in [1.807, 2.05) is 6.08 Å². The number of rotatable bonds is 72. The van der Waals surface area contributed by atoms with Crippen LogP contribution in [0.1, 0.15) is 399 Å². The van der Waals surface area contributed by atoms with Gasteiger partial charge in [-0.05, 0) is 83.5 Å². The lowest BCUT2D eigenvalue weighted by molar-refractivity contribution is -0.302. The standard InChI is InChI=1S/C84H155NO8/c1-3-5-7-9-11-13-15-17-19-21-23-25-27-29-31-33-35-37-38-39-40-42-44-46-48-50-52-54-56-58-60-62-64-66-68-70-72-74-80(88)85-77(76-92-84-83(91)82(90)81(89)79(75-86)93-84)78(87)73-71-69-67-65-63-61-59-57-55-53-51-49-47-45-43-41-36-34-32-30-28-26-24-22-20-18-16-14-12-10-8-6-4-2/h15,17,21,23,27,29,55,57,63,65,71,73,77-79,81-84,86-87,89-91H,3-14,16,18-20,22,24-26,28,30-54,56,58-62,64,66-70,72,74-76H2,1-2H3,(H,85,88)/b17-15-,23-21-,29-27-,57-55+,65-63+,73-71+. The molecule has 9 nitrogen and oxygen atoms in total. The maximum absolute atomic E-state index is 13.2. The SMILES string of the molecule is CCCCCCC/C=C\C/C=C\C/C=C\CCCCCCCCCCCCCCCCCCCCCCCCC(=O)NC(COC1OC(CO)C(O)C(O)C1O)C(O)/C=C/CC/C=C/CC/C=C/CCCCCCCCCCCCCCCCCCCCCCCCC. The normalized spacial score (nSPS) is 17.9. The van der Waals surface area contributed by atoms with E-state index in [9.17, 15) is 30.3 Å². The molecule has 1 rings (SSSR count). The zero-order chi connectivity index (χ0) is 67.1. The van der Waals surface area contributed by atoms with Gasteiger partial charge in [-0.15, -0.1) is 0 Å². The van der Waals surface area contributed by atoms with Crippen molar-refractivity contribution in [1.29, 1.82) is 0 Å². The van der Waals surface area contributed by atoms with Crippen LogP contribution in [0.5, 0.6) is 0 Å². The van der Waals surface area contributed by atoms with Crippen LogP contribution in [0, 0.1) is 0 Å². The van der Waals surface area contributed by atoms with Crippen LogP contribution >= 0.6 is 0 Å². The molecule has 0 aromatic heterocycles. The van der Waals surface area contributed by atoms with Crippen LogP contribution in [-0.4, -0.2) is 87.5 Å². The number of hydrogen-bond acceptors (Lipinski definition) is 8. The molecule has 0 bridgehead atoms. The highest BCUT2D eigenvalue weighted by Gasteiger charge is 2.44. The van der Waals surface area contributed by atoms with Gasteiger partial charge in [0.05, 0.1) is 25.4 Å². The molecule has 0 radical (unpaired) electrons. The van der Waals surface area contributed by atoms with Crippen molar-refractivity contribution in [2.24, 2.45) is 0 Å². The molecule has 6 N–H and O–H groups in total. The Labute approximate surface area is 576 Å². The summed E-state index contributed by atoms with van der Waals surface area (Å²) in [4.78, 5) is 13.2. The fourth-order valence-corrected chi connectivity index (χ4v) is 12.9. The van der Waals surface area contributed by atoms with E-state index in [1.54, 1.807) is 6.08 Å². The lowest BCUT2D eigenvalue weighted by Gasteiger charge is -2.40. The Kier molecular flexibility index (Phi) is 69.0. The van der Waals surface area contributed by atoms with Crippen molar-refractivity contribution >= 4 is 5.91 Å². The van der Waals surface area contributed by atoms with Gasteiger partial charge in [0, 0.05) is 6.42 Å². The Balaban J connectivity index is 2.09. The third kappa shape index (κ3) is 60.5. The molecule has 0 aromatic rings. The number of aliphatic hydroxyl groups excluding tert-OH is 5. The zero-order valence-electron chi connectivity index (χ0n) is 61.3. The summed E-state index contributed by atoms with van der Waals surface area (Å²) in [6.45, 7) is 3.80. The van der Waals surface area contributed by atoms with E-state index < -0.39 is 49.5 Å². The lowest BCUT2D eigenvalue weighted by Crippen LogP contribution is -2.60. The summed E-state index contributed by atoms with van der Waals surface area (Å²) >= 11 is 0. The predicted molar refractivity (Wildman–Crippen MR) is 401 cm³/mol. The molecule has 0 aromatic carbocycles. The Hall–Kier alpha value is -2.37. The van der Waals surface area contributed by atoms with Gasteiger partial charge in [0.25, 0.3) is 0 Å². The van der Waals surface area contributed by atoms with Gasteiger partial charge < -0.3 is 40.3 Å². The second-order valence-corrected chi connectivity index (χ2v) is 28.2. The first-order valence-electron chi connectivity index (χ1n) is 40.7. The van der Waals surface area contributed by atoms with Gasteiger partial charge in [-0.3, -0.25) is 4.79 Å². The average molecular weight is 1310 g/mol. The molecule has 1 fully saturated rings. The number of amides is 1. The Bertz CT molecular complexity index is 1710. The molecule has 7 atom stereocenters. The first kappa shape index (κ1) is 88.6. The van der Waals surface area contributed by atoms with E-state index in [2.05, 4.69) is 79.9 Å². The van der Waals surface area contributed by atoms with Crippen LogP contribution in [0.25, 0.3) is 0 Å². The van der Waals surface area contributed by atoms with Crippen LogP contribution in [-0.2, 0) is 14.3 Å². The quantitative estimate of drug-likeness (QED) is 0.0261. The first-order valence-corrected chi connectivity index (χ1v) is 40.7. The topological polar surface area (TPSA) is 149 Å². The van der Waals surface area contributed by atoms with Crippen molar-refractivity contribution < 1.29 is 39.8 Å². The van der Waals surface area contributed by atoms with Crippen LogP contribution in [0.4, 0.5) is 0 Å². The molecule has 1 aliphatic rings. The highest BCUT2D eigenvalue weighted by Crippen LogP contribution is 2.24. The van der Waals surface area contributed by atoms with Gasteiger partial charge >= 0.3 is 0 Å². The molecule has 93 heavy (non-hydrogen) atoms. The Morgan fingerprint density at radius 2 is 0.645 bits per heavy atom. The highest BCUT2D eigenvalue weighted by molar-refractivity contribution is 5.76. The van der Waals surface area contributed by atoms with Crippen LogP contribution in [0.3, 0.4) is 0 Å². The minimum absolute atomic E-state index is 0.185. The predicted octanol–water partition coefficient (Wildman–Crippen LogP) is 23.4. The largest absolute Gasteiger partial charge is 0.394 e. The van der Waals surface area contributed by atoms with Gasteiger partial charge in [0.2, 0.25) is 5.91 Å². The number of aliphatic hydroxyl groups is 5. The molecule has 1 saturated heterocycles. The fourth-order valence-electron chi connectivity index (χ4n) is 12.9. The van der Waals surface area contributed by atoms with E-state index in [0.717, 1.165) is 57.8 Å². The summed E-state index contributed by atoms with van der Waals surface area (Å²) in [5.41, 5.74) is 0. The first-order chi connectivity index (χ1) is 45.8. The second-order valence-electron chi connectivity index (χ2n) is 28.2. The van der Waals surface area contributed by atoms with Crippen LogP contribution in [0.15, 0.2) is 72.9 Å². The van der Waals surface area contributed by atoms with Crippen molar-refractivity contribution in [3.63, 3.8) is 0 Å². The number of ether oxygens (including phenoxy) is 2. The maximum Gasteiger partial charge on any atom is 0.220 e. The third-order valence-electron chi connectivity index (χ3n) is 19.2. The molecule has 1 heterocycles. The van der Waals surface area contributed by atoms with E-state index >= 15 is 0 Å². The fraction of sp³-hybridized carbons (Fsp3) is 0.845. The number of hydrogen-bond donors (Lipinski definition) is 6. The van der Waals surface area contributed by atoms with E-state index in [0.29, 0.717) is 6.42 Å². The number of unbranched alkanes of at least 4 members (excludes halogenated alkanes) is 52. The summed E-state index contributed by atoms with van der Waals surface area (Å²) in [7, 11) is 0. The number of carbonyl (C=O) groups is 1. The molecule has 0 aliphatic carbocycles. The minimum Gasteiger partial charge on any atom is -0.394 e. The summed E-state index contributed by atoms with van der Waals surface area (Å²) in [5, 5.41) is 54.9. The highest BCUT2D eigenvalue weighted by atomic mass is 16.7. The van der Waals surface area contributed by atoms with Crippen LogP contribution in [0.2, 0.25) is 0 Å². The van der Waals surface area contributed by atoms with Gasteiger partial charge in [-0.2, -0.15) is 0 Å². The van der Waals surface area contributed by atoms with Crippen molar-refractivity contribution in [3.05, 3.63) is 72.9 Å². The zero-order valence-corrected chi connectivity index (χ0v) is 61.3. The van der Waals surface area contributed by atoms with Gasteiger partial charge in [0.15, 0.2) is 6.29 Å². The summed E-state index contributed by atoms with van der Waals surface area (Å²) < 4.78 is 11.3. The maximum atomic E-state index is 13.2. The van der Waals surface area contributed by atoms with Gasteiger partial charge in [-0.1, -0.05) is 382 Å². The molecule has 1 aliphatic heterocycles. The number of allylic oxidation sites excluding steroid dienone is 11. The number of carbonyl (C=O) groups excluding carboxylic acids is 1. The van der Waals surface area contributed by atoms with E-state index in [-0.39, 0.29) is 12.5 Å². The van der Waals surface area contributed by atoms with Gasteiger partial charge in [0.1, 0.15) is 24.4 Å². The molecular weight excluding hydrogens is 1150 g/mol. The number of nitrogens with one attached hydrogen (secondary N) is 1. The van der Waals surface area contributed by atoms with Crippen molar-refractivity contribution in [2.75, 3.05) is 13.2 Å². The molecule has 544 valence electrons.